The van der Waals surface area contributed by atoms with Gasteiger partial charge in [0.15, 0.2) is 0 Å². The summed E-state index contributed by atoms with van der Waals surface area (Å²) in [6, 6.07) is 12.9. The summed E-state index contributed by atoms with van der Waals surface area (Å²) >= 11 is 0. The molecule has 4 nitrogen and oxygen atoms in total. The molecule has 0 aliphatic carbocycles. The summed E-state index contributed by atoms with van der Waals surface area (Å²) in [6.07, 6.45) is -4.35. The molecule has 1 heterocycles. The number of amides is 2. The van der Waals surface area contributed by atoms with E-state index in [1.54, 1.807) is 4.90 Å². The molecule has 3 rings (SSSR count). The van der Waals surface area contributed by atoms with Crippen LogP contribution in [0.15, 0.2) is 48.5 Å². The van der Waals surface area contributed by atoms with E-state index in [1.807, 2.05) is 6.07 Å². The quantitative estimate of drug-likeness (QED) is 0.876. The zero-order valence-electron chi connectivity index (χ0n) is 15.1. The number of piperazine rings is 1. The fourth-order valence-corrected chi connectivity index (χ4v) is 3.09. The highest BCUT2D eigenvalue weighted by molar-refractivity contribution is 5.74. The smallest absolute Gasteiger partial charge is 0.368 e. The number of urea groups is 1. The molecule has 144 valence electrons. The molecule has 0 bridgehead atoms. The number of nitrogens with zero attached hydrogens (tertiary/aromatic N) is 2. The summed E-state index contributed by atoms with van der Waals surface area (Å²) in [7, 11) is 0. The van der Waals surface area contributed by atoms with Crippen molar-refractivity contribution in [3.8, 4) is 0 Å². The van der Waals surface area contributed by atoms with Crippen molar-refractivity contribution in [3.63, 3.8) is 0 Å². The largest absolute Gasteiger partial charge is 0.416 e. The number of carbonyl (C=O) groups excluding carboxylic acids is 1. The molecule has 1 aliphatic heterocycles. The van der Waals surface area contributed by atoms with Crippen LogP contribution >= 0.6 is 0 Å². The van der Waals surface area contributed by atoms with Crippen molar-refractivity contribution in [2.45, 2.75) is 19.6 Å². The summed E-state index contributed by atoms with van der Waals surface area (Å²) in [5, 5.41) is 2.78. The standard InChI is InChI=1S/C20H22F3N3O/c1-15-3-2-4-18(13-15)25-9-11-26(12-10-25)19(27)24-14-16-5-7-17(8-6-16)20(21,22)23/h2-8,13H,9-12,14H2,1H3,(H,24,27). The van der Waals surface area contributed by atoms with E-state index in [4.69, 9.17) is 0 Å². The van der Waals surface area contributed by atoms with Crippen LogP contribution in [0.5, 0.6) is 0 Å². The van der Waals surface area contributed by atoms with Crippen molar-refractivity contribution in [1.29, 1.82) is 0 Å². The molecular formula is C20H22F3N3O. The third kappa shape index (κ3) is 4.93. The lowest BCUT2D eigenvalue weighted by molar-refractivity contribution is -0.137. The molecule has 2 aromatic carbocycles. The van der Waals surface area contributed by atoms with Crippen LogP contribution in [0.1, 0.15) is 16.7 Å². The number of carbonyl (C=O) groups is 1. The van der Waals surface area contributed by atoms with Crippen molar-refractivity contribution in [1.82, 2.24) is 10.2 Å². The highest BCUT2D eigenvalue weighted by Gasteiger charge is 2.30. The molecule has 0 spiro atoms. The molecule has 1 fully saturated rings. The van der Waals surface area contributed by atoms with E-state index in [9.17, 15) is 18.0 Å². The van der Waals surface area contributed by atoms with Crippen LogP contribution in [0.3, 0.4) is 0 Å². The third-order valence-electron chi connectivity index (χ3n) is 4.66. The summed E-state index contributed by atoms with van der Waals surface area (Å²) in [5.41, 5.74) is 2.30. The molecule has 1 N–H and O–H groups in total. The summed E-state index contributed by atoms with van der Waals surface area (Å²) in [6.45, 7) is 4.96. The molecule has 0 saturated carbocycles. The van der Waals surface area contributed by atoms with Gasteiger partial charge in [-0.05, 0) is 42.3 Å². The SMILES string of the molecule is Cc1cccc(N2CCN(C(=O)NCc3ccc(C(F)(F)F)cc3)CC2)c1. The van der Waals surface area contributed by atoms with Gasteiger partial charge in [-0.25, -0.2) is 4.79 Å². The number of anilines is 1. The Hall–Kier alpha value is -2.70. The van der Waals surface area contributed by atoms with Crippen molar-refractivity contribution < 1.29 is 18.0 Å². The number of aryl methyl sites for hydroxylation is 1. The average Bonchev–Trinajstić information content (AvgIpc) is 2.66. The van der Waals surface area contributed by atoms with Crippen LogP contribution in [0.2, 0.25) is 0 Å². The monoisotopic (exact) mass is 377 g/mol. The lowest BCUT2D eigenvalue weighted by atomic mass is 10.1. The molecule has 2 amide bonds. The van der Waals surface area contributed by atoms with E-state index in [2.05, 4.69) is 35.3 Å². The summed E-state index contributed by atoms with van der Waals surface area (Å²) in [4.78, 5) is 16.3. The van der Waals surface area contributed by atoms with E-state index >= 15 is 0 Å². The zero-order valence-corrected chi connectivity index (χ0v) is 15.1. The molecule has 2 aromatic rings. The minimum Gasteiger partial charge on any atom is -0.368 e. The van der Waals surface area contributed by atoms with E-state index in [0.29, 0.717) is 18.7 Å². The number of rotatable bonds is 3. The Kier molecular flexibility index (Phi) is 5.58. The summed E-state index contributed by atoms with van der Waals surface area (Å²) in [5.74, 6) is 0. The molecule has 1 aliphatic rings. The highest BCUT2D eigenvalue weighted by atomic mass is 19.4. The maximum absolute atomic E-state index is 12.6. The van der Waals surface area contributed by atoms with E-state index in [0.717, 1.165) is 30.9 Å². The van der Waals surface area contributed by atoms with Crippen molar-refractivity contribution in [2.75, 3.05) is 31.1 Å². The van der Waals surface area contributed by atoms with Gasteiger partial charge >= 0.3 is 12.2 Å². The van der Waals surface area contributed by atoms with Crippen molar-refractivity contribution in [2.24, 2.45) is 0 Å². The number of hydrogen-bond donors (Lipinski definition) is 1. The maximum atomic E-state index is 12.6. The molecular weight excluding hydrogens is 355 g/mol. The van der Waals surface area contributed by atoms with Crippen molar-refractivity contribution in [3.05, 3.63) is 65.2 Å². The predicted molar refractivity (Wildman–Crippen MR) is 98.6 cm³/mol. The number of halogens is 3. The van der Waals surface area contributed by atoms with E-state index in [-0.39, 0.29) is 12.6 Å². The normalized spacial score (nSPS) is 15.0. The molecule has 0 radical (unpaired) electrons. The Labute approximate surface area is 156 Å². The maximum Gasteiger partial charge on any atom is 0.416 e. The summed E-state index contributed by atoms with van der Waals surface area (Å²) < 4.78 is 37.7. The van der Waals surface area contributed by atoms with Gasteiger partial charge < -0.3 is 15.1 Å². The van der Waals surface area contributed by atoms with E-state index < -0.39 is 11.7 Å². The van der Waals surface area contributed by atoms with Gasteiger partial charge in [0.2, 0.25) is 0 Å². The van der Waals surface area contributed by atoms with Gasteiger partial charge in [0.05, 0.1) is 5.56 Å². The van der Waals surface area contributed by atoms with Gasteiger partial charge in [0.25, 0.3) is 0 Å². The van der Waals surface area contributed by atoms with Gasteiger partial charge in [-0.1, -0.05) is 24.3 Å². The van der Waals surface area contributed by atoms with Gasteiger partial charge in [-0.15, -0.1) is 0 Å². The van der Waals surface area contributed by atoms with Crippen LogP contribution in [-0.4, -0.2) is 37.1 Å². The van der Waals surface area contributed by atoms with Gasteiger partial charge in [-0.2, -0.15) is 13.2 Å². The molecule has 27 heavy (non-hydrogen) atoms. The minimum absolute atomic E-state index is 0.196. The second-order valence-corrected chi connectivity index (χ2v) is 6.67. The van der Waals surface area contributed by atoms with Crippen LogP contribution in [0.4, 0.5) is 23.7 Å². The predicted octanol–water partition coefficient (Wildman–Crippen LogP) is 4.05. The average molecular weight is 377 g/mol. The number of hydrogen-bond acceptors (Lipinski definition) is 2. The number of benzene rings is 2. The highest BCUT2D eigenvalue weighted by Crippen LogP contribution is 2.29. The fourth-order valence-electron chi connectivity index (χ4n) is 3.09. The van der Waals surface area contributed by atoms with Crippen molar-refractivity contribution >= 4 is 11.7 Å². The van der Waals surface area contributed by atoms with Gasteiger partial charge in [0, 0.05) is 38.4 Å². The van der Waals surface area contributed by atoms with Crippen LogP contribution in [-0.2, 0) is 12.7 Å². The van der Waals surface area contributed by atoms with Gasteiger partial charge in [0.1, 0.15) is 0 Å². The first-order valence-corrected chi connectivity index (χ1v) is 8.83. The zero-order chi connectivity index (χ0) is 19.4. The lowest BCUT2D eigenvalue weighted by Crippen LogP contribution is -2.51. The second-order valence-electron chi connectivity index (χ2n) is 6.67. The Bertz CT molecular complexity index is 782. The first-order valence-electron chi connectivity index (χ1n) is 8.83. The van der Waals surface area contributed by atoms with Crippen LogP contribution in [0.25, 0.3) is 0 Å². The Morgan fingerprint density at radius 3 is 2.30 bits per heavy atom. The van der Waals surface area contributed by atoms with Gasteiger partial charge in [-0.3, -0.25) is 0 Å². The third-order valence-corrected chi connectivity index (χ3v) is 4.66. The minimum atomic E-state index is -4.35. The second kappa shape index (κ2) is 7.90. The number of nitrogens with one attached hydrogen (secondary N) is 1. The fraction of sp³-hybridized carbons (Fsp3) is 0.350. The molecule has 0 unspecified atom stereocenters. The molecule has 1 saturated heterocycles. The first-order chi connectivity index (χ1) is 12.8. The Morgan fingerprint density at radius 2 is 1.70 bits per heavy atom. The van der Waals surface area contributed by atoms with E-state index in [1.165, 1.54) is 17.7 Å². The Balaban J connectivity index is 1.48. The molecule has 7 heteroatoms. The molecule has 0 atom stereocenters. The first kappa shape index (κ1) is 19.1. The Morgan fingerprint density at radius 1 is 1.04 bits per heavy atom. The number of alkyl halides is 3. The van der Waals surface area contributed by atoms with Crippen LogP contribution < -0.4 is 10.2 Å². The topological polar surface area (TPSA) is 35.6 Å². The van der Waals surface area contributed by atoms with Crippen LogP contribution in [0, 0.1) is 6.92 Å². The lowest BCUT2D eigenvalue weighted by Gasteiger charge is -2.36. The molecule has 0 aromatic heterocycles.